The second kappa shape index (κ2) is 6.45. The van der Waals surface area contributed by atoms with Crippen LogP contribution in [0.1, 0.15) is 43.0 Å². The van der Waals surface area contributed by atoms with Gasteiger partial charge in [-0.05, 0) is 44.0 Å². The smallest absolute Gasteiger partial charge is 0.167 e. The van der Waals surface area contributed by atoms with Gasteiger partial charge in [0.2, 0.25) is 0 Å². The third-order valence-corrected chi connectivity index (χ3v) is 4.43. The van der Waals surface area contributed by atoms with Crippen LogP contribution in [-0.2, 0) is 6.54 Å². The Kier molecular flexibility index (Phi) is 4.11. The molecule has 3 aromatic rings. The van der Waals surface area contributed by atoms with E-state index >= 15 is 0 Å². The Morgan fingerprint density at radius 3 is 2.81 bits per heavy atom. The van der Waals surface area contributed by atoms with Crippen molar-refractivity contribution in [1.82, 2.24) is 14.7 Å². The van der Waals surface area contributed by atoms with Crippen molar-refractivity contribution in [1.29, 1.82) is 0 Å². The summed E-state index contributed by atoms with van der Waals surface area (Å²) in [6.07, 6.45) is 4.80. The molecule has 1 aromatic carbocycles. The molecule has 0 aliphatic heterocycles. The van der Waals surface area contributed by atoms with E-state index in [-0.39, 0.29) is 5.54 Å². The van der Waals surface area contributed by atoms with E-state index in [4.69, 9.17) is 10.3 Å². The maximum atomic E-state index is 9.73. The van der Waals surface area contributed by atoms with Gasteiger partial charge in [0.15, 0.2) is 5.76 Å². The molecule has 3 N–H and O–H groups in total. The molecule has 2 aromatic heterocycles. The van der Waals surface area contributed by atoms with Crippen molar-refractivity contribution in [3.8, 4) is 23.2 Å². The lowest BCUT2D eigenvalue weighted by Crippen LogP contribution is -2.18. The Morgan fingerprint density at radius 2 is 2.12 bits per heavy atom. The minimum Gasteiger partial charge on any atom is -0.385 e. The van der Waals surface area contributed by atoms with Crippen LogP contribution in [0, 0.1) is 11.8 Å². The zero-order valence-corrected chi connectivity index (χ0v) is 14.5. The van der Waals surface area contributed by atoms with Crippen LogP contribution in [0.4, 0.5) is 0 Å². The Hall–Kier alpha value is -2.88. The van der Waals surface area contributed by atoms with E-state index < -0.39 is 6.10 Å². The van der Waals surface area contributed by atoms with Gasteiger partial charge in [0.25, 0.3) is 0 Å². The van der Waals surface area contributed by atoms with Gasteiger partial charge in [-0.15, -0.1) is 0 Å². The van der Waals surface area contributed by atoms with E-state index in [0.717, 1.165) is 29.7 Å². The Balaban J connectivity index is 1.48. The predicted octanol–water partition coefficient (Wildman–Crippen LogP) is 2.48. The summed E-state index contributed by atoms with van der Waals surface area (Å²) in [7, 11) is 0. The maximum absolute atomic E-state index is 9.73. The van der Waals surface area contributed by atoms with Gasteiger partial charge in [-0.3, -0.25) is 0 Å². The van der Waals surface area contributed by atoms with Gasteiger partial charge < -0.3 is 19.9 Å². The number of hydrogen-bond acceptors (Lipinski definition) is 5. The Labute approximate surface area is 151 Å². The maximum Gasteiger partial charge on any atom is 0.167 e. The van der Waals surface area contributed by atoms with Crippen LogP contribution < -0.4 is 5.73 Å². The summed E-state index contributed by atoms with van der Waals surface area (Å²) in [4.78, 5) is 4.16. The largest absolute Gasteiger partial charge is 0.385 e. The van der Waals surface area contributed by atoms with Crippen molar-refractivity contribution in [2.24, 2.45) is 5.73 Å². The van der Waals surface area contributed by atoms with E-state index in [2.05, 4.69) is 22.0 Å². The topological polar surface area (TPSA) is 90.1 Å². The lowest BCUT2D eigenvalue weighted by molar-refractivity contribution is 0.184. The molecule has 0 amide bonds. The lowest BCUT2D eigenvalue weighted by Gasteiger charge is -2.07. The molecule has 2 heterocycles. The molecule has 26 heavy (non-hydrogen) atoms. The van der Waals surface area contributed by atoms with Crippen molar-refractivity contribution in [3.63, 3.8) is 0 Å². The van der Waals surface area contributed by atoms with Crippen molar-refractivity contribution in [2.45, 2.75) is 38.0 Å². The SMILES string of the molecule is C[C@H](O)c1nccn1Cc1cc(-c2ccc(C#CC3(N)CC3)cc2)on1. The second-order valence-corrected chi connectivity index (χ2v) is 6.76. The highest BCUT2D eigenvalue weighted by Crippen LogP contribution is 2.31. The summed E-state index contributed by atoms with van der Waals surface area (Å²) in [5.74, 6) is 7.53. The van der Waals surface area contributed by atoms with E-state index in [0.29, 0.717) is 18.1 Å². The predicted molar refractivity (Wildman–Crippen MR) is 96.9 cm³/mol. The molecule has 0 radical (unpaired) electrons. The first-order chi connectivity index (χ1) is 12.5. The summed E-state index contributed by atoms with van der Waals surface area (Å²) in [6, 6.07) is 9.73. The fourth-order valence-electron chi connectivity index (χ4n) is 2.69. The van der Waals surface area contributed by atoms with Crippen LogP contribution in [0.5, 0.6) is 0 Å². The van der Waals surface area contributed by atoms with Gasteiger partial charge in [-0.2, -0.15) is 0 Å². The molecular weight excluding hydrogens is 328 g/mol. The molecule has 0 bridgehead atoms. The first kappa shape index (κ1) is 16.6. The average Bonchev–Trinajstić information content (AvgIpc) is 3.03. The number of nitrogens with two attached hydrogens (primary N) is 1. The summed E-state index contributed by atoms with van der Waals surface area (Å²) in [5, 5.41) is 13.8. The number of rotatable bonds is 4. The van der Waals surface area contributed by atoms with Crippen LogP contribution in [0.2, 0.25) is 0 Å². The number of hydrogen-bond donors (Lipinski definition) is 2. The standard InChI is InChI=1S/C20H20N4O2/c1-14(25)19-22-10-11-24(19)13-17-12-18(26-23-17)16-4-2-15(3-5-16)6-7-20(21)8-9-20/h2-5,10-12,14,25H,8-9,13,21H2,1H3/t14-/m0/s1. The van der Waals surface area contributed by atoms with E-state index in [1.807, 2.05) is 41.1 Å². The van der Waals surface area contributed by atoms with Crippen LogP contribution >= 0.6 is 0 Å². The van der Waals surface area contributed by atoms with Gasteiger partial charge in [-0.1, -0.05) is 17.0 Å². The molecule has 1 atom stereocenters. The van der Waals surface area contributed by atoms with E-state index in [1.165, 1.54) is 0 Å². The molecule has 1 saturated carbocycles. The monoisotopic (exact) mass is 348 g/mol. The zero-order valence-electron chi connectivity index (χ0n) is 14.5. The highest BCUT2D eigenvalue weighted by Gasteiger charge is 2.36. The minimum absolute atomic E-state index is 0.267. The molecule has 6 nitrogen and oxygen atoms in total. The summed E-state index contributed by atoms with van der Waals surface area (Å²) >= 11 is 0. The fraction of sp³-hybridized carbons (Fsp3) is 0.300. The van der Waals surface area contributed by atoms with Crippen LogP contribution in [0.25, 0.3) is 11.3 Å². The lowest BCUT2D eigenvalue weighted by atomic mass is 10.1. The molecule has 1 fully saturated rings. The molecule has 4 rings (SSSR count). The molecule has 1 aliphatic rings. The fourth-order valence-corrected chi connectivity index (χ4v) is 2.69. The van der Waals surface area contributed by atoms with Gasteiger partial charge in [0.05, 0.1) is 12.1 Å². The zero-order chi connectivity index (χ0) is 18.1. The molecular formula is C20H20N4O2. The highest BCUT2D eigenvalue weighted by molar-refractivity contribution is 5.59. The summed E-state index contributed by atoms with van der Waals surface area (Å²) in [6.45, 7) is 2.18. The van der Waals surface area contributed by atoms with Crippen LogP contribution in [0.15, 0.2) is 47.2 Å². The van der Waals surface area contributed by atoms with Crippen molar-refractivity contribution >= 4 is 0 Å². The second-order valence-electron chi connectivity index (χ2n) is 6.76. The number of aliphatic hydroxyl groups is 1. The molecule has 0 spiro atoms. The van der Waals surface area contributed by atoms with Gasteiger partial charge in [0, 0.05) is 29.6 Å². The van der Waals surface area contributed by atoms with Crippen LogP contribution in [-0.4, -0.2) is 25.4 Å². The normalized spacial score (nSPS) is 16.0. The van der Waals surface area contributed by atoms with Gasteiger partial charge in [-0.25, -0.2) is 4.98 Å². The van der Waals surface area contributed by atoms with E-state index in [9.17, 15) is 5.11 Å². The number of benzene rings is 1. The molecule has 132 valence electrons. The summed E-state index contributed by atoms with van der Waals surface area (Å²) < 4.78 is 7.31. The molecule has 6 heteroatoms. The number of aromatic nitrogens is 3. The third-order valence-electron chi connectivity index (χ3n) is 4.43. The van der Waals surface area contributed by atoms with Gasteiger partial charge >= 0.3 is 0 Å². The quantitative estimate of drug-likeness (QED) is 0.707. The number of aliphatic hydroxyl groups excluding tert-OH is 1. The van der Waals surface area contributed by atoms with Crippen LogP contribution in [0.3, 0.4) is 0 Å². The minimum atomic E-state index is -0.631. The third kappa shape index (κ3) is 3.54. The number of nitrogens with zero attached hydrogens (tertiary/aromatic N) is 3. The Bertz CT molecular complexity index is 969. The van der Waals surface area contributed by atoms with Crippen molar-refractivity contribution < 1.29 is 9.63 Å². The molecule has 0 saturated heterocycles. The van der Waals surface area contributed by atoms with Crippen molar-refractivity contribution in [2.75, 3.05) is 0 Å². The summed E-state index contributed by atoms with van der Waals surface area (Å²) in [5.41, 5.74) is 8.35. The highest BCUT2D eigenvalue weighted by atomic mass is 16.5. The van der Waals surface area contributed by atoms with E-state index in [1.54, 1.807) is 13.1 Å². The van der Waals surface area contributed by atoms with Crippen molar-refractivity contribution in [3.05, 3.63) is 59.8 Å². The molecule has 1 aliphatic carbocycles. The Morgan fingerprint density at radius 1 is 1.35 bits per heavy atom. The first-order valence-electron chi connectivity index (χ1n) is 8.60. The van der Waals surface area contributed by atoms with Gasteiger partial charge in [0.1, 0.15) is 17.6 Å². The number of imidazole rings is 1. The molecule has 0 unspecified atom stereocenters. The first-order valence-corrected chi connectivity index (χ1v) is 8.60. The average molecular weight is 348 g/mol.